The van der Waals surface area contributed by atoms with Crippen LogP contribution < -0.4 is 4.74 Å². The molecule has 1 rings (SSSR count). The molecule has 0 unspecified atom stereocenters. The molecule has 134 valence electrons. The molecule has 0 bridgehead atoms. The zero-order valence-electron chi connectivity index (χ0n) is 15.0. The summed E-state index contributed by atoms with van der Waals surface area (Å²) >= 11 is 0. The summed E-state index contributed by atoms with van der Waals surface area (Å²) in [6.45, 7) is 0.613. The minimum absolute atomic E-state index is 0.148. The molecule has 1 aromatic rings. The molecular formula is C19H29NO4. The van der Waals surface area contributed by atoms with E-state index in [0.29, 0.717) is 19.4 Å². The average Bonchev–Trinajstić information content (AvgIpc) is 2.60. The molecule has 0 saturated carbocycles. The van der Waals surface area contributed by atoms with E-state index in [9.17, 15) is 9.59 Å². The van der Waals surface area contributed by atoms with Gasteiger partial charge in [-0.3, -0.25) is 9.59 Å². The van der Waals surface area contributed by atoms with E-state index in [-0.39, 0.29) is 11.9 Å². The lowest BCUT2D eigenvalue weighted by Gasteiger charge is -2.17. The summed E-state index contributed by atoms with van der Waals surface area (Å²) in [5.41, 5.74) is 1.09. The average molecular weight is 335 g/mol. The normalized spacial score (nSPS) is 10.3. The molecule has 0 aliphatic heterocycles. The third-order valence-corrected chi connectivity index (χ3v) is 4.00. The van der Waals surface area contributed by atoms with Gasteiger partial charge in [-0.2, -0.15) is 0 Å². The summed E-state index contributed by atoms with van der Waals surface area (Å²) in [5.74, 6) is 0.839. The highest BCUT2D eigenvalue weighted by Crippen LogP contribution is 2.14. The van der Waals surface area contributed by atoms with Crippen LogP contribution in [-0.2, 0) is 20.9 Å². The van der Waals surface area contributed by atoms with Crippen molar-refractivity contribution in [1.29, 1.82) is 0 Å². The number of ether oxygens (including phenoxy) is 2. The van der Waals surface area contributed by atoms with E-state index in [4.69, 9.17) is 4.74 Å². The molecule has 24 heavy (non-hydrogen) atoms. The number of carbonyl (C=O) groups is 2. The van der Waals surface area contributed by atoms with Gasteiger partial charge in [-0.25, -0.2) is 0 Å². The van der Waals surface area contributed by atoms with Crippen LogP contribution in [0, 0.1) is 0 Å². The summed E-state index contributed by atoms with van der Waals surface area (Å²) in [6.07, 6.45) is 5.88. The van der Waals surface area contributed by atoms with Gasteiger partial charge in [0.25, 0.3) is 0 Å². The Kier molecular flexibility index (Phi) is 9.58. The van der Waals surface area contributed by atoms with Gasteiger partial charge in [0.05, 0.1) is 14.2 Å². The van der Waals surface area contributed by atoms with E-state index in [1.54, 1.807) is 12.0 Å². The molecule has 0 aliphatic rings. The van der Waals surface area contributed by atoms with Gasteiger partial charge >= 0.3 is 5.97 Å². The van der Waals surface area contributed by atoms with Crippen molar-refractivity contribution < 1.29 is 19.1 Å². The van der Waals surface area contributed by atoms with Crippen LogP contribution in [0.4, 0.5) is 0 Å². The second-order valence-corrected chi connectivity index (χ2v) is 5.94. The predicted octanol–water partition coefficient (Wildman–Crippen LogP) is 3.56. The fourth-order valence-corrected chi connectivity index (χ4v) is 2.46. The Hall–Kier alpha value is -2.04. The van der Waals surface area contributed by atoms with Gasteiger partial charge < -0.3 is 14.4 Å². The maximum absolute atomic E-state index is 12.1. The first-order chi connectivity index (χ1) is 11.6. The Labute approximate surface area is 144 Å². The van der Waals surface area contributed by atoms with E-state index in [2.05, 4.69) is 4.74 Å². The number of methoxy groups -OCH3 is 2. The van der Waals surface area contributed by atoms with Crippen LogP contribution in [0.15, 0.2) is 24.3 Å². The molecule has 0 aliphatic carbocycles. The van der Waals surface area contributed by atoms with E-state index in [1.807, 2.05) is 31.3 Å². The van der Waals surface area contributed by atoms with Crippen LogP contribution in [0.1, 0.15) is 50.5 Å². The molecule has 5 nitrogen and oxygen atoms in total. The third kappa shape index (κ3) is 7.99. The SMILES string of the molecule is COC(=O)CCCCCCCC(=O)N(C)Cc1ccc(OC)cc1. The number of rotatable bonds is 11. The first kappa shape index (κ1) is 20.0. The smallest absolute Gasteiger partial charge is 0.305 e. The molecule has 0 fully saturated rings. The fourth-order valence-electron chi connectivity index (χ4n) is 2.46. The van der Waals surface area contributed by atoms with Crippen molar-refractivity contribution in [3.8, 4) is 5.75 Å². The Morgan fingerprint density at radius 2 is 1.50 bits per heavy atom. The minimum Gasteiger partial charge on any atom is -0.497 e. The highest BCUT2D eigenvalue weighted by atomic mass is 16.5. The summed E-state index contributed by atoms with van der Waals surface area (Å²) in [5, 5.41) is 0. The topological polar surface area (TPSA) is 55.8 Å². The Balaban J connectivity index is 2.14. The quantitative estimate of drug-likeness (QED) is 0.458. The van der Waals surface area contributed by atoms with Gasteiger partial charge in [-0.15, -0.1) is 0 Å². The van der Waals surface area contributed by atoms with Crippen molar-refractivity contribution in [3.05, 3.63) is 29.8 Å². The summed E-state index contributed by atoms with van der Waals surface area (Å²) < 4.78 is 9.73. The lowest BCUT2D eigenvalue weighted by Crippen LogP contribution is -2.25. The number of esters is 1. The summed E-state index contributed by atoms with van der Waals surface area (Å²) in [7, 11) is 4.89. The lowest BCUT2D eigenvalue weighted by atomic mass is 10.1. The van der Waals surface area contributed by atoms with E-state index in [1.165, 1.54) is 7.11 Å². The van der Waals surface area contributed by atoms with E-state index >= 15 is 0 Å². The van der Waals surface area contributed by atoms with Gasteiger partial charge in [-0.05, 0) is 30.5 Å². The van der Waals surface area contributed by atoms with Crippen molar-refractivity contribution in [3.63, 3.8) is 0 Å². The van der Waals surface area contributed by atoms with E-state index < -0.39 is 0 Å². The van der Waals surface area contributed by atoms with Crippen LogP contribution in [0.3, 0.4) is 0 Å². The van der Waals surface area contributed by atoms with E-state index in [0.717, 1.165) is 43.4 Å². The van der Waals surface area contributed by atoms with Crippen molar-refractivity contribution >= 4 is 11.9 Å². The number of benzene rings is 1. The van der Waals surface area contributed by atoms with Gasteiger partial charge in [0, 0.05) is 26.4 Å². The monoisotopic (exact) mass is 335 g/mol. The number of nitrogens with zero attached hydrogens (tertiary/aromatic N) is 1. The van der Waals surface area contributed by atoms with Crippen molar-refractivity contribution in [2.45, 2.75) is 51.5 Å². The summed E-state index contributed by atoms with van der Waals surface area (Å²) in [4.78, 5) is 24.9. The third-order valence-electron chi connectivity index (χ3n) is 4.00. The highest BCUT2D eigenvalue weighted by Gasteiger charge is 2.09. The molecule has 0 N–H and O–H groups in total. The lowest BCUT2D eigenvalue weighted by molar-refractivity contribution is -0.140. The fraction of sp³-hybridized carbons (Fsp3) is 0.579. The van der Waals surface area contributed by atoms with Crippen molar-refractivity contribution in [2.24, 2.45) is 0 Å². The Morgan fingerprint density at radius 1 is 0.917 bits per heavy atom. The maximum atomic E-state index is 12.1. The molecule has 0 atom stereocenters. The Bertz CT molecular complexity index is 499. The molecule has 1 amide bonds. The molecule has 5 heteroatoms. The van der Waals surface area contributed by atoms with Gasteiger partial charge in [-0.1, -0.05) is 31.4 Å². The maximum Gasteiger partial charge on any atom is 0.305 e. The number of hydrogen-bond acceptors (Lipinski definition) is 4. The van der Waals surface area contributed by atoms with Crippen LogP contribution in [-0.4, -0.2) is 38.0 Å². The Morgan fingerprint density at radius 3 is 2.08 bits per heavy atom. The zero-order chi connectivity index (χ0) is 17.8. The molecule has 0 aromatic heterocycles. The van der Waals surface area contributed by atoms with Gasteiger partial charge in [0.1, 0.15) is 5.75 Å². The molecule has 0 spiro atoms. The first-order valence-corrected chi connectivity index (χ1v) is 8.50. The van der Waals surface area contributed by atoms with Crippen LogP contribution in [0.5, 0.6) is 5.75 Å². The van der Waals surface area contributed by atoms with Gasteiger partial charge in [0.2, 0.25) is 5.91 Å². The van der Waals surface area contributed by atoms with Gasteiger partial charge in [0.15, 0.2) is 0 Å². The molecule has 0 heterocycles. The summed E-state index contributed by atoms with van der Waals surface area (Å²) in [6, 6.07) is 7.76. The van der Waals surface area contributed by atoms with Crippen LogP contribution in [0.25, 0.3) is 0 Å². The molecule has 1 aromatic carbocycles. The molecule has 0 radical (unpaired) electrons. The number of amides is 1. The molecular weight excluding hydrogens is 306 g/mol. The highest BCUT2D eigenvalue weighted by molar-refractivity contribution is 5.75. The number of hydrogen-bond donors (Lipinski definition) is 0. The standard InChI is InChI=1S/C19H29NO4/c1-20(15-16-11-13-17(23-2)14-12-16)18(21)9-7-5-4-6-8-10-19(22)24-3/h11-14H,4-10,15H2,1-3H3. The van der Waals surface area contributed by atoms with Crippen LogP contribution >= 0.6 is 0 Å². The second-order valence-electron chi connectivity index (χ2n) is 5.94. The number of unbranched alkanes of at least 4 members (excludes halogenated alkanes) is 4. The predicted molar refractivity (Wildman–Crippen MR) is 93.8 cm³/mol. The van der Waals surface area contributed by atoms with Crippen molar-refractivity contribution in [1.82, 2.24) is 4.90 Å². The second kappa shape index (κ2) is 11.5. The van der Waals surface area contributed by atoms with Crippen LogP contribution in [0.2, 0.25) is 0 Å². The molecule has 0 saturated heterocycles. The first-order valence-electron chi connectivity index (χ1n) is 8.50. The zero-order valence-corrected chi connectivity index (χ0v) is 15.0. The minimum atomic E-state index is -0.148. The largest absolute Gasteiger partial charge is 0.497 e. The number of carbonyl (C=O) groups excluding carboxylic acids is 2. The van der Waals surface area contributed by atoms with Crippen molar-refractivity contribution in [2.75, 3.05) is 21.3 Å².